The first-order chi connectivity index (χ1) is 4.29. The average Bonchev–Trinajstić information content (AvgIpc) is 2.07. The van der Waals surface area contributed by atoms with Gasteiger partial charge in [-0.25, -0.2) is 0 Å². The third-order valence-electron chi connectivity index (χ3n) is 3.05. The second-order valence-corrected chi connectivity index (χ2v) is 4.01. The Labute approximate surface area is 80.0 Å². The van der Waals surface area contributed by atoms with E-state index in [4.69, 9.17) is 0 Å². The van der Waals surface area contributed by atoms with Gasteiger partial charge in [0.1, 0.15) is 0 Å². The van der Waals surface area contributed by atoms with Gasteiger partial charge in [0.2, 0.25) is 0 Å². The molecule has 2 unspecified atom stereocenters. The van der Waals surface area contributed by atoms with Crippen molar-refractivity contribution in [3.63, 3.8) is 0 Å². The van der Waals surface area contributed by atoms with Gasteiger partial charge in [-0.1, -0.05) is 0 Å². The maximum atomic E-state index is 2.61. The van der Waals surface area contributed by atoms with Crippen LogP contribution in [0.25, 0.3) is 0 Å². The Balaban J connectivity index is 0.000000500. The summed E-state index contributed by atoms with van der Waals surface area (Å²) in [7, 11) is 0. The number of hydrogen-bond donors (Lipinski definition) is 1. The molecule has 0 amide bonds. The first-order valence-electron chi connectivity index (χ1n) is 4.15. The number of rotatable bonds is 0. The fourth-order valence-electron chi connectivity index (χ4n) is 2.45. The Morgan fingerprint density at radius 3 is 2.70 bits per heavy atom. The van der Waals surface area contributed by atoms with Crippen molar-refractivity contribution < 1.29 is 29.3 Å². The molecule has 2 rings (SSSR count). The zero-order valence-electron chi connectivity index (χ0n) is 6.57. The predicted octanol–water partition coefficient (Wildman–Crippen LogP) is -2.34. The number of halogens is 1. The highest BCUT2D eigenvalue weighted by Crippen LogP contribution is 2.28. The molecule has 0 radical (unpaired) electrons. The summed E-state index contributed by atoms with van der Waals surface area (Å²) in [4.78, 5) is 0. The Morgan fingerprint density at radius 1 is 1.30 bits per heavy atom. The molecule has 2 fully saturated rings. The van der Waals surface area contributed by atoms with Crippen LogP contribution in [0.5, 0.6) is 0 Å². The van der Waals surface area contributed by atoms with E-state index in [1.165, 1.54) is 32.1 Å². The van der Waals surface area contributed by atoms with Crippen molar-refractivity contribution in [3.05, 3.63) is 0 Å². The molecule has 2 aliphatic rings. The van der Waals surface area contributed by atoms with Gasteiger partial charge >= 0.3 is 0 Å². The average molecular weight is 253 g/mol. The van der Waals surface area contributed by atoms with Gasteiger partial charge in [0.05, 0.1) is 11.6 Å². The molecule has 1 nitrogen and oxygen atoms in total. The number of piperidine rings is 1. The van der Waals surface area contributed by atoms with Crippen molar-refractivity contribution >= 4 is 0 Å². The highest BCUT2D eigenvalue weighted by molar-refractivity contribution is 4.84. The van der Waals surface area contributed by atoms with E-state index >= 15 is 0 Å². The third kappa shape index (κ3) is 1.47. The first kappa shape index (κ1) is 8.78. The summed E-state index contributed by atoms with van der Waals surface area (Å²) in [6, 6.07) is 1.00. The van der Waals surface area contributed by atoms with Crippen molar-refractivity contribution in [1.82, 2.24) is 0 Å². The SMILES string of the molecule is CC12CCCC(CC1)[NH2+]2.[I-]. The lowest BCUT2D eigenvalue weighted by Gasteiger charge is -2.26. The largest absolute Gasteiger partial charge is 1.00 e. The van der Waals surface area contributed by atoms with Crippen LogP contribution in [0.2, 0.25) is 0 Å². The molecule has 2 bridgehead atoms. The van der Waals surface area contributed by atoms with Gasteiger partial charge < -0.3 is 29.3 Å². The lowest BCUT2D eigenvalue weighted by atomic mass is 9.93. The van der Waals surface area contributed by atoms with Gasteiger partial charge in [-0.05, 0) is 19.8 Å². The second kappa shape index (κ2) is 2.97. The summed E-state index contributed by atoms with van der Waals surface area (Å²) in [5, 5.41) is 2.61. The monoisotopic (exact) mass is 253 g/mol. The van der Waals surface area contributed by atoms with Crippen LogP contribution in [0.1, 0.15) is 39.0 Å². The highest BCUT2D eigenvalue weighted by Gasteiger charge is 2.41. The lowest BCUT2D eigenvalue weighted by Crippen LogP contribution is -3.00. The second-order valence-electron chi connectivity index (χ2n) is 4.01. The van der Waals surface area contributed by atoms with Gasteiger partial charge in [0.25, 0.3) is 0 Å². The summed E-state index contributed by atoms with van der Waals surface area (Å²) < 4.78 is 0. The molecular weight excluding hydrogens is 237 g/mol. The van der Waals surface area contributed by atoms with E-state index in [0.29, 0.717) is 5.54 Å². The molecule has 2 heteroatoms. The van der Waals surface area contributed by atoms with E-state index in [9.17, 15) is 0 Å². The minimum atomic E-state index is 0. The topological polar surface area (TPSA) is 16.6 Å². The predicted molar refractivity (Wildman–Crippen MR) is 37.2 cm³/mol. The smallest absolute Gasteiger partial charge is 0.0937 e. The molecule has 0 aromatic carbocycles. The van der Waals surface area contributed by atoms with Gasteiger partial charge in [-0.2, -0.15) is 0 Å². The number of fused-ring (bicyclic) bond motifs is 2. The molecule has 60 valence electrons. The molecule has 2 atom stereocenters. The zero-order chi connectivity index (χ0) is 6.32. The molecule has 0 aromatic heterocycles. The van der Waals surface area contributed by atoms with E-state index in [1.807, 2.05) is 0 Å². The van der Waals surface area contributed by atoms with E-state index < -0.39 is 0 Å². The minimum Gasteiger partial charge on any atom is -1.00 e. The van der Waals surface area contributed by atoms with Crippen LogP contribution in [-0.2, 0) is 0 Å². The Kier molecular flexibility index (Phi) is 2.61. The standard InChI is InChI=1S/C8H15N.HI/c1-8-5-2-3-7(9-8)4-6-8;/h7,9H,2-6H2,1H3;1H. The minimum absolute atomic E-state index is 0. The summed E-state index contributed by atoms with van der Waals surface area (Å²) in [5.41, 5.74) is 0.670. The molecule has 10 heavy (non-hydrogen) atoms. The van der Waals surface area contributed by atoms with Crippen molar-refractivity contribution in [2.24, 2.45) is 0 Å². The van der Waals surface area contributed by atoms with E-state index in [-0.39, 0.29) is 24.0 Å². The van der Waals surface area contributed by atoms with Crippen LogP contribution in [0, 0.1) is 0 Å². The van der Waals surface area contributed by atoms with Crippen molar-refractivity contribution in [1.29, 1.82) is 0 Å². The molecule has 0 aliphatic carbocycles. The van der Waals surface area contributed by atoms with Crippen LogP contribution in [0.4, 0.5) is 0 Å². The Bertz CT molecular complexity index is 122. The molecular formula is C8H16IN. The molecule has 2 aliphatic heterocycles. The molecule has 2 heterocycles. The first-order valence-corrected chi connectivity index (χ1v) is 4.15. The van der Waals surface area contributed by atoms with Crippen molar-refractivity contribution in [2.75, 3.05) is 0 Å². The van der Waals surface area contributed by atoms with Gasteiger partial charge in [-0.15, -0.1) is 0 Å². The van der Waals surface area contributed by atoms with Gasteiger partial charge in [-0.3, -0.25) is 0 Å². The number of nitrogens with two attached hydrogens (primary N) is 1. The van der Waals surface area contributed by atoms with Crippen LogP contribution < -0.4 is 29.3 Å². The maximum Gasteiger partial charge on any atom is 0.0937 e. The normalized spacial score (nSPS) is 44.7. The summed E-state index contributed by atoms with van der Waals surface area (Å²) in [6.45, 7) is 2.42. The third-order valence-corrected chi connectivity index (χ3v) is 3.05. The summed E-state index contributed by atoms with van der Waals surface area (Å²) >= 11 is 0. The fourth-order valence-corrected chi connectivity index (χ4v) is 2.45. The molecule has 0 spiro atoms. The van der Waals surface area contributed by atoms with Gasteiger partial charge in [0.15, 0.2) is 0 Å². The molecule has 2 N–H and O–H groups in total. The summed E-state index contributed by atoms with van der Waals surface area (Å²) in [5.74, 6) is 0. The molecule has 0 saturated carbocycles. The molecule has 0 aromatic rings. The fraction of sp³-hybridized carbons (Fsp3) is 1.00. The highest BCUT2D eigenvalue weighted by atomic mass is 127. The Hall–Kier alpha value is 0.690. The van der Waals surface area contributed by atoms with Crippen molar-refractivity contribution in [2.45, 2.75) is 50.6 Å². The van der Waals surface area contributed by atoms with E-state index in [1.54, 1.807) is 0 Å². The Morgan fingerprint density at radius 2 is 2.10 bits per heavy atom. The lowest BCUT2D eigenvalue weighted by molar-refractivity contribution is -0.741. The quantitative estimate of drug-likeness (QED) is 0.466. The van der Waals surface area contributed by atoms with E-state index in [0.717, 1.165) is 6.04 Å². The summed E-state index contributed by atoms with van der Waals surface area (Å²) in [6.07, 6.45) is 7.38. The van der Waals surface area contributed by atoms with Gasteiger partial charge in [0, 0.05) is 19.3 Å². The van der Waals surface area contributed by atoms with Crippen LogP contribution in [0.15, 0.2) is 0 Å². The maximum absolute atomic E-state index is 2.61. The van der Waals surface area contributed by atoms with Crippen molar-refractivity contribution in [3.8, 4) is 0 Å². The number of quaternary nitrogens is 1. The number of hydrogen-bond acceptors (Lipinski definition) is 0. The molecule has 2 saturated heterocycles. The van der Waals surface area contributed by atoms with Crippen LogP contribution in [0.3, 0.4) is 0 Å². The zero-order valence-corrected chi connectivity index (χ0v) is 8.73. The van der Waals surface area contributed by atoms with Crippen LogP contribution in [-0.4, -0.2) is 11.6 Å². The van der Waals surface area contributed by atoms with Crippen LogP contribution >= 0.6 is 0 Å². The van der Waals surface area contributed by atoms with E-state index in [2.05, 4.69) is 12.2 Å².